The maximum absolute atomic E-state index is 13.4. The van der Waals surface area contributed by atoms with E-state index in [0.29, 0.717) is 23.4 Å². The molecular weight excluding hydrogens is 486 g/mol. The molecule has 2 aromatic heterocycles. The summed E-state index contributed by atoms with van der Waals surface area (Å²) in [5, 5.41) is 15.6. The van der Waals surface area contributed by atoms with Crippen molar-refractivity contribution in [2.24, 2.45) is 5.92 Å². The number of hydrogen-bond donors (Lipinski definition) is 2. The van der Waals surface area contributed by atoms with Gasteiger partial charge >= 0.3 is 18.0 Å². The van der Waals surface area contributed by atoms with Gasteiger partial charge in [-0.25, -0.2) is 14.4 Å². The number of ketones is 1. The molecule has 1 aromatic carbocycles. The van der Waals surface area contributed by atoms with Crippen LogP contribution in [0.25, 0.3) is 10.9 Å². The maximum atomic E-state index is 13.4. The first-order chi connectivity index (χ1) is 16.9. The second kappa shape index (κ2) is 10.8. The normalized spacial score (nSPS) is 15.2. The molecule has 1 aliphatic rings. The van der Waals surface area contributed by atoms with Crippen LogP contribution in [0.3, 0.4) is 0 Å². The highest BCUT2D eigenvalue weighted by Crippen LogP contribution is 2.34. The van der Waals surface area contributed by atoms with E-state index in [1.165, 1.54) is 4.57 Å². The zero-order valence-electron chi connectivity index (χ0n) is 20.3. The molecule has 1 fully saturated rings. The van der Waals surface area contributed by atoms with Crippen LogP contribution in [0, 0.1) is 12.8 Å². The van der Waals surface area contributed by atoms with Gasteiger partial charge in [-0.15, -0.1) is 0 Å². The molecule has 10 nitrogen and oxygen atoms in total. The first-order valence-electron chi connectivity index (χ1n) is 11.0. The Labute approximate surface area is 212 Å². The van der Waals surface area contributed by atoms with Gasteiger partial charge in [-0.05, 0) is 63.4 Å². The molecule has 2 N–H and O–H groups in total. The fourth-order valence-corrected chi connectivity index (χ4v) is 4.70. The Bertz CT molecular complexity index is 1290. The Morgan fingerprint density at radius 3 is 2.39 bits per heavy atom. The monoisotopic (exact) mass is 513 g/mol. The molecule has 0 radical (unpaired) electrons. The van der Waals surface area contributed by atoms with E-state index in [1.54, 1.807) is 30.5 Å². The lowest BCUT2D eigenvalue weighted by Crippen LogP contribution is -2.27. The Morgan fingerprint density at radius 2 is 1.81 bits per heavy atom. The second-order valence-corrected chi connectivity index (χ2v) is 10.2. The topological polar surface area (TPSA) is 139 Å². The number of aromatic nitrogens is 2. The minimum Gasteiger partial charge on any atom is -0.473 e. The van der Waals surface area contributed by atoms with Gasteiger partial charge in [-0.1, -0.05) is 12.1 Å². The van der Waals surface area contributed by atoms with Crippen molar-refractivity contribution in [1.29, 1.82) is 0 Å². The van der Waals surface area contributed by atoms with Gasteiger partial charge in [0.15, 0.2) is 5.78 Å². The number of ether oxygens (including phenoxy) is 1. The molecule has 1 aliphatic heterocycles. The highest BCUT2D eigenvalue weighted by molar-refractivity contribution is 8.00. The number of aryl methyl sites for hydroxylation is 1. The molecule has 0 aliphatic carbocycles. The van der Waals surface area contributed by atoms with Crippen molar-refractivity contribution in [2.45, 2.75) is 33.3 Å². The van der Waals surface area contributed by atoms with Crippen molar-refractivity contribution in [1.82, 2.24) is 9.55 Å². The first-order valence-corrected chi connectivity index (χ1v) is 12.0. The number of carboxylic acid groups (broad SMARTS) is 2. The first kappa shape index (κ1) is 26.7. The van der Waals surface area contributed by atoms with Crippen molar-refractivity contribution >= 4 is 52.4 Å². The molecule has 0 saturated carbocycles. The van der Waals surface area contributed by atoms with Crippen LogP contribution in [-0.2, 0) is 14.3 Å². The molecule has 190 valence electrons. The molecular formula is C25H27N3O7S. The van der Waals surface area contributed by atoms with E-state index in [1.807, 2.05) is 58.0 Å². The summed E-state index contributed by atoms with van der Waals surface area (Å²) in [5.41, 5.74) is 2.65. The van der Waals surface area contributed by atoms with E-state index in [0.717, 1.165) is 16.6 Å². The zero-order valence-corrected chi connectivity index (χ0v) is 21.1. The average molecular weight is 514 g/mol. The molecule has 4 rings (SSSR count). The fraction of sp³-hybridized carbons (Fsp3) is 0.320. The smallest absolute Gasteiger partial charge is 0.419 e. The molecule has 0 amide bonds. The molecule has 3 aromatic rings. The number of carbonyl (C=O) groups is 4. The number of carboxylic acids is 2. The van der Waals surface area contributed by atoms with E-state index in [4.69, 9.17) is 24.5 Å². The van der Waals surface area contributed by atoms with Crippen molar-refractivity contribution in [3.05, 3.63) is 60.0 Å². The second-order valence-electron chi connectivity index (χ2n) is 9.15. The highest BCUT2D eigenvalue weighted by Gasteiger charge is 2.33. The molecule has 0 bridgehead atoms. The van der Waals surface area contributed by atoms with Crippen molar-refractivity contribution in [2.75, 3.05) is 16.6 Å². The predicted molar refractivity (Wildman–Crippen MR) is 135 cm³/mol. The van der Waals surface area contributed by atoms with Gasteiger partial charge in [-0.3, -0.25) is 14.3 Å². The van der Waals surface area contributed by atoms with Gasteiger partial charge in [-0.2, -0.15) is 0 Å². The summed E-state index contributed by atoms with van der Waals surface area (Å²) < 4.78 is 9.12. The van der Waals surface area contributed by atoms with Crippen LogP contribution >= 0.6 is 11.9 Å². The summed E-state index contributed by atoms with van der Waals surface area (Å²) in [7, 11) is 0. The van der Waals surface area contributed by atoms with E-state index in [2.05, 4.69) is 9.29 Å². The van der Waals surface area contributed by atoms with E-state index < -0.39 is 23.6 Å². The Morgan fingerprint density at radius 1 is 1.11 bits per heavy atom. The zero-order chi connectivity index (χ0) is 26.6. The highest BCUT2D eigenvalue weighted by atomic mass is 32.2. The number of aliphatic carboxylic acids is 2. The van der Waals surface area contributed by atoms with Crippen LogP contribution in [0.15, 0.2) is 48.9 Å². The van der Waals surface area contributed by atoms with E-state index >= 15 is 0 Å². The van der Waals surface area contributed by atoms with Crippen LogP contribution in [-0.4, -0.2) is 61.5 Å². The van der Waals surface area contributed by atoms with Crippen LogP contribution in [0.4, 0.5) is 10.5 Å². The number of rotatable bonds is 3. The summed E-state index contributed by atoms with van der Waals surface area (Å²) in [5.74, 6) is -3.07. The Kier molecular flexibility index (Phi) is 8.03. The minimum atomic E-state index is -1.82. The van der Waals surface area contributed by atoms with E-state index in [-0.39, 0.29) is 11.7 Å². The number of hydrogen-bond acceptors (Lipinski definition) is 8. The quantitative estimate of drug-likeness (QED) is 0.297. The molecule has 11 heteroatoms. The SMILES string of the molecule is Cc1ccc2c(C(=O)C3CSN(c4cccnc4)C3)cn(C(=O)OC(C)(C)C)c2c1.O=C(O)C(=O)O. The minimum absolute atomic E-state index is 0.0463. The maximum Gasteiger partial charge on any atom is 0.419 e. The fourth-order valence-electron chi connectivity index (χ4n) is 3.54. The van der Waals surface area contributed by atoms with Gasteiger partial charge in [0, 0.05) is 35.6 Å². The van der Waals surface area contributed by atoms with Crippen LogP contribution in [0.2, 0.25) is 0 Å². The summed E-state index contributed by atoms with van der Waals surface area (Å²) in [6, 6.07) is 9.68. The lowest BCUT2D eigenvalue weighted by atomic mass is 9.98. The number of fused-ring (bicyclic) bond motifs is 1. The van der Waals surface area contributed by atoms with Crippen molar-refractivity contribution in [3.8, 4) is 0 Å². The van der Waals surface area contributed by atoms with Crippen LogP contribution < -0.4 is 4.31 Å². The Balaban J connectivity index is 0.000000538. The van der Waals surface area contributed by atoms with Crippen LogP contribution in [0.1, 0.15) is 36.7 Å². The lowest BCUT2D eigenvalue weighted by molar-refractivity contribution is -0.159. The number of anilines is 1. The average Bonchev–Trinajstić information content (AvgIpc) is 3.44. The summed E-state index contributed by atoms with van der Waals surface area (Å²) in [4.78, 5) is 48.6. The molecule has 1 atom stereocenters. The summed E-state index contributed by atoms with van der Waals surface area (Å²) in [6.45, 7) is 8.07. The molecule has 36 heavy (non-hydrogen) atoms. The third-order valence-electron chi connectivity index (χ3n) is 5.12. The van der Waals surface area contributed by atoms with Gasteiger partial charge in [0.05, 0.1) is 23.3 Å². The van der Waals surface area contributed by atoms with Gasteiger partial charge < -0.3 is 19.3 Å². The number of benzene rings is 1. The van der Waals surface area contributed by atoms with Gasteiger partial charge in [0.1, 0.15) is 5.60 Å². The van der Waals surface area contributed by atoms with Gasteiger partial charge in [0.25, 0.3) is 0 Å². The predicted octanol–water partition coefficient (Wildman–Crippen LogP) is 4.25. The largest absolute Gasteiger partial charge is 0.473 e. The third-order valence-corrected chi connectivity index (χ3v) is 6.35. The standard InChI is InChI=1S/C23H25N3O3S.C2H2O4/c1-15-7-8-18-19(13-25(20(18)10-15)22(28)29-23(2,3)4)21(27)16-12-26(30-14-16)17-6-5-9-24-11-17;3-1(4)2(5)6/h5-11,13,16H,12,14H2,1-4H3;(H,3,4)(H,5,6). The summed E-state index contributed by atoms with van der Waals surface area (Å²) in [6.07, 6.45) is 4.70. The Hall–Kier alpha value is -3.86. The number of carbonyl (C=O) groups excluding carboxylic acids is 2. The van der Waals surface area contributed by atoms with Crippen molar-refractivity contribution in [3.63, 3.8) is 0 Å². The number of Topliss-reactive ketones (excluding diaryl/α,β-unsaturated/α-hetero) is 1. The lowest BCUT2D eigenvalue weighted by Gasteiger charge is -2.19. The molecule has 1 unspecified atom stereocenters. The van der Waals surface area contributed by atoms with Crippen LogP contribution in [0.5, 0.6) is 0 Å². The number of pyridine rings is 1. The molecule has 0 spiro atoms. The summed E-state index contributed by atoms with van der Waals surface area (Å²) >= 11 is 1.63. The van der Waals surface area contributed by atoms with Crippen molar-refractivity contribution < 1.29 is 34.1 Å². The number of nitrogens with zero attached hydrogens (tertiary/aromatic N) is 3. The molecule has 3 heterocycles. The van der Waals surface area contributed by atoms with E-state index in [9.17, 15) is 9.59 Å². The third kappa shape index (κ3) is 6.42. The van der Waals surface area contributed by atoms with Gasteiger partial charge in [0.2, 0.25) is 0 Å². The molecule has 1 saturated heterocycles.